The fraction of sp³-hybridized carbons (Fsp3) is 0.688. The smallest absolute Gasteiger partial charge is 0.115 e. The summed E-state index contributed by atoms with van der Waals surface area (Å²) in [4.78, 5) is 4.43. The Hall–Kier alpha value is -0.250. The molecule has 0 bridgehead atoms. The first-order valence-electron chi connectivity index (χ1n) is 7.36. The minimum absolute atomic E-state index is 0.380. The van der Waals surface area contributed by atoms with Crippen molar-refractivity contribution in [1.29, 1.82) is 0 Å². The van der Waals surface area contributed by atoms with Gasteiger partial charge in [-0.05, 0) is 49.8 Å². The number of rotatable bonds is 3. The largest absolute Gasteiger partial charge is 0.316 e. The highest BCUT2D eigenvalue weighted by Gasteiger charge is 2.36. The Morgan fingerprint density at radius 3 is 2.70 bits per heavy atom. The van der Waals surface area contributed by atoms with Gasteiger partial charge in [-0.25, -0.2) is 4.98 Å². The molecule has 1 aromatic rings. The van der Waals surface area contributed by atoms with E-state index in [1.807, 2.05) is 30.1 Å². The Kier molecular flexibility index (Phi) is 5.38. The van der Waals surface area contributed by atoms with Crippen LogP contribution in [0.25, 0.3) is 0 Å². The lowest BCUT2D eigenvalue weighted by Crippen LogP contribution is -2.43. The Morgan fingerprint density at radius 1 is 1.35 bits per heavy atom. The molecule has 3 atom stereocenters. The Balaban J connectivity index is 2.12. The SMILES string of the molecule is CNC1CCC(C(C)(C)C)CC1Sc1ncccc1Cl. The molecule has 1 aliphatic carbocycles. The average Bonchev–Trinajstić information content (AvgIpc) is 2.40. The normalized spacial score (nSPS) is 27.6. The van der Waals surface area contributed by atoms with E-state index < -0.39 is 0 Å². The van der Waals surface area contributed by atoms with Crippen LogP contribution in [0.5, 0.6) is 0 Å². The maximum absolute atomic E-state index is 6.26. The standard InChI is InChI=1S/C16H25ClN2S/c1-16(2,3)11-7-8-13(18-4)14(10-11)20-15-12(17)6-5-9-19-15/h5-6,9,11,13-14,18H,7-8,10H2,1-4H3. The molecule has 0 aromatic carbocycles. The van der Waals surface area contributed by atoms with Crippen LogP contribution in [0.3, 0.4) is 0 Å². The summed E-state index contributed by atoms with van der Waals surface area (Å²) < 4.78 is 0. The van der Waals surface area contributed by atoms with E-state index in [1.165, 1.54) is 19.3 Å². The van der Waals surface area contributed by atoms with Gasteiger partial charge in [-0.1, -0.05) is 44.1 Å². The van der Waals surface area contributed by atoms with E-state index in [0.717, 1.165) is 16.0 Å². The highest BCUT2D eigenvalue weighted by molar-refractivity contribution is 8.00. The predicted octanol–water partition coefficient (Wildman–Crippen LogP) is 4.63. The van der Waals surface area contributed by atoms with Gasteiger partial charge in [-0.2, -0.15) is 0 Å². The molecule has 1 fully saturated rings. The summed E-state index contributed by atoms with van der Waals surface area (Å²) in [6.45, 7) is 7.06. The minimum atomic E-state index is 0.380. The first-order valence-corrected chi connectivity index (χ1v) is 8.62. The zero-order valence-electron chi connectivity index (χ0n) is 12.8. The Labute approximate surface area is 132 Å². The van der Waals surface area contributed by atoms with Crippen LogP contribution < -0.4 is 5.32 Å². The van der Waals surface area contributed by atoms with Crippen LogP contribution in [0.4, 0.5) is 0 Å². The van der Waals surface area contributed by atoms with Gasteiger partial charge in [0.05, 0.1) is 5.02 Å². The third kappa shape index (κ3) is 3.90. The second-order valence-electron chi connectivity index (χ2n) is 6.72. The van der Waals surface area contributed by atoms with Crippen molar-refractivity contribution < 1.29 is 0 Å². The number of halogens is 1. The number of aromatic nitrogens is 1. The van der Waals surface area contributed by atoms with Crippen molar-refractivity contribution in [2.45, 2.75) is 56.4 Å². The number of hydrogen-bond acceptors (Lipinski definition) is 3. The van der Waals surface area contributed by atoms with Crippen molar-refractivity contribution >= 4 is 23.4 Å². The van der Waals surface area contributed by atoms with Crippen molar-refractivity contribution in [3.05, 3.63) is 23.4 Å². The van der Waals surface area contributed by atoms with Gasteiger partial charge in [0.25, 0.3) is 0 Å². The van der Waals surface area contributed by atoms with Gasteiger partial charge in [0.15, 0.2) is 0 Å². The van der Waals surface area contributed by atoms with Crippen LogP contribution in [-0.2, 0) is 0 Å². The average molecular weight is 313 g/mol. The van der Waals surface area contributed by atoms with Crippen molar-refractivity contribution in [3.8, 4) is 0 Å². The number of pyridine rings is 1. The maximum Gasteiger partial charge on any atom is 0.115 e. The van der Waals surface area contributed by atoms with E-state index in [2.05, 4.69) is 38.1 Å². The molecule has 0 spiro atoms. The van der Waals surface area contributed by atoms with Crippen molar-refractivity contribution in [1.82, 2.24) is 10.3 Å². The second-order valence-corrected chi connectivity index (χ2v) is 8.35. The zero-order chi connectivity index (χ0) is 14.8. The third-order valence-electron chi connectivity index (χ3n) is 4.38. The number of hydrogen-bond donors (Lipinski definition) is 1. The van der Waals surface area contributed by atoms with Crippen LogP contribution in [0, 0.1) is 11.3 Å². The number of thioether (sulfide) groups is 1. The number of nitrogens with zero attached hydrogens (tertiary/aromatic N) is 1. The molecule has 3 unspecified atom stereocenters. The highest BCUT2D eigenvalue weighted by Crippen LogP contribution is 2.43. The van der Waals surface area contributed by atoms with E-state index in [-0.39, 0.29) is 0 Å². The molecule has 2 rings (SSSR count). The molecule has 0 amide bonds. The molecule has 0 aliphatic heterocycles. The van der Waals surface area contributed by atoms with Gasteiger partial charge in [0.1, 0.15) is 5.03 Å². The van der Waals surface area contributed by atoms with Gasteiger partial charge < -0.3 is 5.32 Å². The predicted molar refractivity (Wildman–Crippen MR) is 88.5 cm³/mol. The lowest BCUT2D eigenvalue weighted by atomic mass is 9.71. The first-order chi connectivity index (χ1) is 9.41. The molecule has 1 aliphatic rings. The summed E-state index contributed by atoms with van der Waals surface area (Å²) in [6.07, 6.45) is 5.60. The van der Waals surface area contributed by atoms with Crippen molar-refractivity contribution in [3.63, 3.8) is 0 Å². The van der Waals surface area contributed by atoms with E-state index in [9.17, 15) is 0 Å². The van der Waals surface area contributed by atoms with Crippen molar-refractivity contribution in [2.24, 2.45) is 11.3 Å². The molecule has 1 saturated carbocycles. The molecule has 20 heavy (non-hydrogen) atoms. The van der Waals surface area contributed by atoms with Crippen LogP contribution >= 0.6 is 23.4 Å². The molecule has 1 heterocycles. The van der Waals surface area contributed by atoms with Crippen molar-refractivity contribution in [2.75, 3.05) is 7.05 Å². The summed E-state index contributed by atoms with van der Waals surface area (Å²) >= 11 is 8.10. The van der Waals surface area contributed by atoms with Gasteiger partial charge >= 0.3 is 0 Å². The molecule has 4 heteroatoms. The first kappa shape index (κ1) is 16.1. The van der Waals surface area contributed by atoms with Gasteiger partial charge in [-0.15, -0.1) is 0 Å². The molecular weight excluding hydrogens is 288 g/mol. The molecule has 1 aromatic heterocycles. The Bertz CT molecular complexity index is 444. The van der Waals surface area contributed by atoms with E-state index in [1.54, 1.807) is 0 Å². The fourth-order valence-electron chi connectivity index (χ4n) is 2.98. The summed E-state index contributed by atoms with van der Waals surface area (Å²) in [7, 11) is 2.07. The van der Waals surface area contributed by atoms with E-state index >= 15 is 0 Å². The highest BCUT2D eigenvalue weighted by atomic mass is 35.5. The molecule has 0 saturated heterocycles. The molecule has 1 N–H and O–H groups in total. The lowest BCUT2D eigenvalue weighted by Gasteiger charge is -2.41. The second kappa shape index (κ2) is 6.67. The summed E-state index contributed by atoms with van der Waals surface area (Å²) in [5, 5.41) is 5.76. The van der Waals surface area contributed by atoms with Gasteiger partial charge in [0.2, 0.25) is 0 Å². The summed E-state index contributed by atoms with van der Waals surface area (Å²) in [6, 6.07) is 4.37. The molecule has 112 valence electrons. The quantitative estimate of drug-likeness (QED) is 0.881. The van der Waals surface area contributed by atoms with Crippen LogP contribution in [0.1, 0.15) is 40.0 Å². The van der Waals surface area contributed by atoms with Crippen LogP contribution in [0.15, 0.2) is 23.4 Å². The Morgan fingerprint density at radius 2 is 2.10 bits per heavy atom. The summed E-state index contributed by atoms with van der Waals surface area (Å²) in [5.41, 5.74) is 0.380. The van der Waals surface area contributed by atoms with Crippen LogP contribution in [-0.4, -0.2) is 23.3 Å². The number of nitrogens with one attached hydrogen (secondary N) is 1. The van der Waals surface area contributed by atoms with Gasteiger partial charge in [0, 0.05) is 17.5 Å². The van der Waals surface area contributed by atoms with Crippen LogP contribution in [0.2, 0.25) is 5.02 Å². The summed E-state index contributed by atoms with van der Waals surface area (Å²) in [5.74, 6) is 0.770. The fourth-order valence-corrected chi connectivity index (χ4v) is 4.59. The zero-order valence-corrected chi connectivity index (χ0v) is 14.4. The monoisotopic (exact) mass is 312 g/mol. The van der Waals surface area contributed by atoms with Gasteiger partial charge in [-0.3, -0.25) is 0 Å². The van der Waals surface area contributed by atoms with E-state index in [4.69, 9.17) is 11.6 Å². The lowest BCUT2D eigenvalue weighted by molar-refractivity contribution is 0.167. The van der Waals surface area contributed by atoms with E-state index in [0.29, 0.717) is 16.7 Å². The molecule has 0 radical (unpaired) electrons. The topological polar surface area (TPSA) is 24.9 Å². The maximum atomic E-state index is 6.26. The molecular formula is C16H25ClN2S. The molecule has 2 nitrogen and oxygen atoms in total. The minimum Gasteiger partial charge on any atom is -0.316 e. The third-order valence-corrected chi connectivity index (χ3v) is 6.16.